The zero-order valence-corrected chi connectivity index (χ0v) is 13.8. The van der Waals surface area contributed by atoms with Crippen molar-refractivity contribution < 1.29 is 18.0 Å². The minimum absolute atomic E-state index is 0.0484. The summed E-state index contributed by atoms with van der Waals surface area (Å²) in [4.78, 5) is 12.0. The summed E-state index contributed by atoms with van der Waals surface area (Å²) in [5.74, 6) is -1.17. The zero-order chi connectivity index (χ0) is 16.9. The van der Waals surface area contributed by atoms with Crippen LogP contribution in [-0.2, 0) is 6.54 Å². The molecule has 0 amide bonds. The summed E-state index contributed by atoms with van der Waals surface area (Å²) in [6.45, 7) is 0.472. The third-order valence-electron chi connectivity index (χ3n) is 2.96. The molecule has 0 saturated heterocycles. The van der Waals surface area contributed by atoms with E-state index < -0.39 is 17.4 Å². The first-order chi connectivity index (χ1) is 11.6. The molecule has 0 unspecified atom stereocenters. The van der Waals surface area contributed by atoms with Gasteiger partial charge in [0, 0.05) is 0 Å². The van der Waals surface area contributed by atoms with Crippen LogP contribution in [0.2, 0.25) is 0 Å². The third kappa shape index (κ3) is 4.18. The average molecular weight is 367 g/mol. The molecule has 0 radical (unpaired) electrons. The molecule has 0 atom stereocenters. The number of ketones is 1. The van der Waals surface area contributed by atoms with E-state index in [1.165, 1.54) is 11.3 Å². The van der Waals surface area contributed by atoms with Gasteiger partial charge in [0.25, 0.3) is 0 Å². The lowest BCUT2D eigenvalue weighted by atomic mass is 10.1. The molecule has 1 aromatic carbocycles. The minimum atomic E-state index is -0.736. The molecule has 0 fully saturated rings. The Bertz CT molecular complexity index is 837. The summed E-state index contributed by atoms with van der Waals surface area (Å²) < 4.78 is 32.4. The number of hydrogen-bond acceptors (Lipinski definition) is 7. The lowest BCUT2D eigenvalue weighted by molar-refractivity contribution is 0.101. The summed E-state index contributed by atoms with van der Waals surface area (Å²) >= 11 is 2.39. The van der Waals surface area contributed by atoms with Crippen LogP contribution in [0.25, 0.3) is 0 Å². The molecular formula is C15H11F2N3O2S2. The molecule has 0 aliphatic rings. The lowest BCUT2D eigenvalue weighted by Gasteiger charge is -2.01. The molecule has 3 rings (SSSR count). The molecule has 24 heavy (non-hydrogen) atoms. The van der Waals surface area contributed by atoms with Gasteiger partial charge in [-0.2, -0.15) is 0 Å². The largest absolute Gasteiger partial charge is 0.467 e. The first-order valence-corrected chi connectivity index (χ1v) is 8.63. The number of thioether (sulfide) groups is 1. The molecule has 2 heterocycles. The number of nitrogens with one attached hydrogen (secondary N) is 1. The molecule has 0 bridgehead atoms. The number of furan rings is 1. The second kappa shape index (κ2) is 7.54. The summed E-state index contributed by atoms with van der Waals surface area (Å²) in [5.41, 5.74) is -0.261. The van der Waals surface area contributed by atoms with Gasteiger partial charge >= 0.3 is 0 Å². The summed E-state index contributed by atoms with van der Waals surface area (Å²) in [6, 6.07) is 6.43. The number of nitrogens with zero attached hydrogens (tertiary/aromatic N) is 2. The number of halogens is 2. The number of anilines is 1. The predicted octanol–water partition coefficient (Wildman–Crippen LogP) is 4.00. The van der Waals surface area contributed by atoms with Crippen LogP contribution in [0.5, 0.6) is 0 Å². The van der Waals surface area contributed by atoms with E-state index in [2.05, 4.69) is 15.5 Å². The Morgan fingerprint density at radius 3 is 2.96 bits per heavy atom. The van der Waals surface area contributed by atoms with Gasteiger partial charge in [0.05, 0.1) is 24.1 Å². The molecule has 3 aromatic rings. The Hall–Kier alpha value is -2.26. The number of hydrogen-bond donors (Lipinski definition) is 1. The molecule has 0 aliphatic heterocycles. The van der Waals surface area contributed by atoms with E-state index in [4.69, 9.17) is 4.42 Å². The maximum absolute atomic E-state index is 13.5. The van der Waals surface area contributed by atoms with Gasteiger partial charge in [0.15, 0.2) is 10.1 Å². The number of carbonyl (C=O) groups excluding carboxylic acids is 1. The molecule has 9 heteroatoms. The fraction of sp³-hybridized carbons (Fsp3) is 0.133. The van der Waals surface area contributed by atoms with Crippen LogP contribution in [0.3, 0.4) is 0 Å². The lowest BCUT2D eigenvalue weighted by Crippen LogP contribution is -2.05. The first-order valence-electron chi connectivity index (χ1n) is 6.82. The van der Waals surface area contributed by atoms with E-state index in [1.54, 1.807) is 12.3 Å². The molecule has 0 saturated carbocycles. The van der Waals surface area contributed by atoms with Gasteiger partial charge in [-0.25, -0.2) is 8.78 Å². The minimum Gasteiger partial charge on any atom is -0.467 e. The molecule has 0 spiro atoms. The van der Waals surface area contributed by atoms with Crippen molar-refractivity contribution in [3.63, 3.8) is 0 Å². The van der Waals surface area contributed by atoms with Crippen LogP contribution in [-0.4, -0.2) is 21.7 Å². The van der Waals surface area contributed by atoms with Crippen molar-refractivity contribution in [2.75, 3.05) is 11.1 Å². The normalized spacial score (nSPS) is 10.8. The van der Waals surface area contributed by atoms with Crippen molar-refractivity contribution in [2.45, 2.75) is 10.9 Å². The fourth-order valence-corrected chi connectivity index (χ4v) is 3.46. The number of Topliss-reactive ketones (excluding diaryl/α,β-unsaturated/α-hetero) is 1. The van der Waals surface area contributed by atoms with Gasteiger partial charge in [-0.1, -0.05) is 23.1 Å². The Kier molecular flexibility index (Phi) is 5.21. The monoisotopic (exact) mass is 367 g/mol. The van der Waals surface area contributed by atoms with Crippen LogP contribution < -0.4 is 5.32 Å². The van der Waals surface area contributed by atoms with Crippen molar-refractivity contribution in [1.29, 1.82) is 0 Å². The zero-order valence-electron chi connectivity index (χ0n) is 12.2. The number of aromatic nitrogens is 2. The quantitative estimate of drug-likeness (QED) is 0.503. The predicted molar refractivity (Wildman–Crippen MR) is 87.4 cm³/mol. The smallest absolute Gasteiger partial charge is 0.206 e. The number of rotatable bonds is 7. The second-order valence-corrected chi connectivity index (χ2v) is 6.84. The number of carbonyl (C=O) groups is 1. The summed E-state index contributed by atoms with van der Waals surface area (Å²) in [5, 5.41) is 11.5. The SMILES string of the molecule is O=C(CSc1nnc(NCc2ccco2)s1)c1cc(F)ccc1F. The van der Waals surface area contributed by atoms with E-state index >= 15 is 0 Å². The van der Waals surface area contributed by atoms with Crippen molar-refractivity contribution in [3.05, 3.63) is 59.6 Å². The van der Waals surface area contributed by atoms with E-state index in [9.17, 15) is 13.6 Å². The Morgan fingerprint density at radius 1 is 1.29 bits per heavy atom. The van der Waals surface area contributed by atoms with Crippen LogP contribution >= 0.6 is 23.1 Å². The van der Waals surface area contributed by atoms with Crippen molar-refractivity contribution in [3.8, 4) is 0 Å². The highest BCUT2D eigenvalue weighted by atomic mass is 32.2. The molecule has 5 nitrogen and oxygen atoms in total. The highest BCUT2D eigenvalue weighted by Gasteiger charge is 2.15. The third-order valence-corrected chi connectivity index (χ3v) is 4.97. The van der Waals surface area contributed by atoms with Gasteiger partial charge in [-0.05, 0) is 30.3 Å². The highest BCUT2D eigenvalue weighted by molar-refractivity contribution is 8.01. The van der Waals surface area contributed by atoms with Crippen LogP contribution in [0.4, 0.5) is 13.9 Å². The Balaban J connectivity index is 1.55. The second-order valence-electron chi connectivity index (χ2n) is 4.64. The molecule has 1 N–H and O–H groups in total. The van der Waals surface area contributed by atoms with E-state index in [1.807, 2.05) is 6.07 Å². The first kappa shape index (κ1) is 16.6. The molecule has 0 aliphatic carbocycles. The standard InChI is InChI=1S/C15H11F2N3O2S2/c16-9-3-4-12(17)11(6-9)13(21)8-23-15-20-19-14(24-15)18-7-10-2-1-5-22-10/h1-6H,7-8H2,(H,18,19). The van der Waals surface area contributed by atoms with Crippen molar-refractivity contribution >= 4 is 34.0 Å². The average Bonchev–Trinajstić information content (AvgIpc) is 3.24. The maximum atomic E-state index is 13.5. The molecule has 2 aromatic heterocycles. The Labute approximate surface area is 144 Å². The van der Waals surface area contributed by atoms with Gasteiger partial charge in [0.1, 0.15) is 17.4 Å². The molecular weight excluding hydrogens is 356 g/mol. The Morgan fingerprint density at radius 2 is 2.17 bits per heavy atom. The van der Waals surface area contributed by atoms with Gasteiger partial charge < -0.3 is 9.73 Å². The summed E-state index contributed by atoms with van der Waals surface area (Å²) in [7, 11) is 0. The van der Waals surface area contributed by atoms with Crippen molar-refractivity contribution in [1.82, 2.24) is 10.2 Å². The van der Waals surface area contributed by atoms with Crippen LogP contribution in [0.1, 0.15) is 16.1 Å². The summed E-state index contributed by atoms with van der Waals surface area (Å²) in [6.07, 6.45) is 1.58. The van der Waals surface area contributed by atoms with Gasteiger partial charge in [-0.3, -0.25) is 4.79 Å². The molecule has 124 valence electrons. The van der Waals surface area contributed by atoms with Gasteiger partial charge in [0.2, 0.25) is 5.13 Å². The van der Waals surface area contributed by atoms with Crippen LogP contribution in [0, 0.1) is 11.6 Å². The highest BCUT2D eigenvalue weighted by Crippen LogP contribution is 2.26. The van der Waals surface area contributed by atoms with E-state index in [0.717, 1.165) is 35.7 Å². The van der Waals surface area contributed by atoms with E-state index in [-0.39, 0.29) is 11.3 Å². The maximum Gasteiger partial charge on any atom is 0.206 e. The van der Waals surface area contributed by atoms with Gasteiger partial charge in [-0.15, -0.1) is 10.2 Å². The topological polar surface area (TPSA) is 68.0 Å². The van der Waals surface area contributed by atoms with Crippen molar-refractivity contribution in [2.24, 2.45) is 0 Å². The van der Waals surface area contributed by atoms with Crippen LogP contribution in [0.15, 0.2) is 45.4 Å². The van der Waals surface area contributed by atoms with E-state index in [0.29, 0.717) is 16.0 Å². The fourth-order valence-electron chi connectivity index (χ4n) is 1.83. The number of benzene rings is 1.